The molecule has 268 valence electrons. The van der Waals surface area contributed by atoms with Gasteiger partial charge in [0.05, 0.1) is 27.4 Å². The van der Waals surface area contributed by atoms with Gasteiger partial charge in [0.2, 0.25) is 17.7 Å². The molecule has 1 aliphatic heterocycles. The maximum absolute atomic E-state index is 14.0. The number of carbonyl (C=O) groups is 5. The number of amides is 4. The molecule has 0 fully saturated rings. The van der Waals surface area contributed by atoms with Gasteiger partial charge in [-0.3, -0.25) is 14.4 Å². The maximum atomic E-state index is 14.0. The lowest BCUT2D eigenvalue weighted by Gasteiger charge is -2.31. The van der Waals surface area contributed by atoms with Crippen molar-refractivity contribution in [3.63, 3.8) is 0 Å². The number of unbranched alkanes of at least 4 members (excludes halogenated alkanes) is 1. The fraction of sp³-hybridized carbons (Fsp3) is 0.514. The molecule has 4 atom stereocenters. The number of hydrogen-bond donors (Lipinski definition) is 4. The quantitative estimate of drug-likeness (QED) is 0.214. The van der Waals surface area contributed by atoms with E-state index in [9.17, 15) is 24.0 Å². The number of nitrogens with two attached hydrogens (primary N) is 1. The van der Waals surface area contributed by atoms with E-state index >= 15 is 0 Å². The third-order valence-corrected chi connectivity index (χ3v) is 8.00. The van der Waals surface area contributed by atoms with Crippen molar-refractivity contribution in [2.75, 3.05) is 34.9 Å². The minimum absolute atomic E-state index is 0.104. The number of ether oxygens (including phenoxy) is 4. The predicted octanol–water partition coefficient (Wildman–Crippen LogP) is 2.61. The number of likely N-dealkylation sites (N-methyl/N-ethyl adjacent to an activating group) is 1. The van der Waals surface area contributed by atoms with E-state index < -0.39 is 59.6 Å². The monoisotopic (exact) mass is 683 g/mol. The van der Waals surface area contributed by atoms with Crippen LogP contribution in [0.1, 0.15) is 64.1 Å². The molecule has 14 nitrogen and oxygen atoms in total. The Hall–Kier alpha value is -4.85. The Bertz CT molecular complexity index is 1520. The molecule has 2 aromatic carbocycles. The lowest BCUT2D eigenvalue weighted by Crippen LogP contribution is -2.54. The highest BCUT2D eigenvalue weighted by atomic mass is 16.6. The molecule has 1 unspecified atom stereocenters. The topological polar surface area (TPSA) is 188 Å². The third kappa shape index (κ3) is 10.3. The van der Waals surface area contributed by atoms with Gasteiger partial charge in [-0.2, -0.15) is 0 Å². The van der Waals surface area contributed by atoms with Crippen LogP contribution < -0.4 is 31.2 Å². The molecule has 2 aromatic rings. The van der Waals surface area contributed by atoms with Crippen LogP contribution in [0.15, 0.2) is 36.4 Å². The molecule has 4 bridgehead atoms. The largest absolute Gasteiger partial charge is 0.496 e. The number of alkyl carbamates (subject to hydrolysis) is 1. The van der Waals surface area contributed by atoms with Gasteiger partial charge < -0.3 is 45.5 Å². The highest BCUT2D eigenvalue weighted by Gasteiger charge is 2.34. The van der Waals surface area contributed by atoms with Gasteiger partial charge in [-0.1, -0.05) is 12.1 Å². The number of benzene rings is 2. The van der Waals surface area contributed by atoms with Crippen LogP contribution in [0.25, 0.3) is 11.1 Å². The first-order chi connectivity index (χ1) is 23.1. The molecule has 0 radical (unpaired) electrons. The fourth-order valence-electron chi connectivity index (χ4n) is 5.48. The summed E-state index contributed by atoms with van der Waals surface area (Å²) in [5.41, 5.74) is 8.02. The number of nitrogens with zero attached hydrogens (tertiary/aromatic N) is 1. The van der Waals surface area contributed by atoms with Gasteiger partial charge in [0, 0.05) is 31.1 Å². The van der Waals surface area contributed by atoms with Crippen molar-refractivity contribution in [2.24, 2.45) is 5.73 Å². The highest BCUT2D eigenvalue weighted by molar-refractivity contribution is 5.95. The molecule has 1 heterocycles. The van der Waals surface area contributed by atoms with Crippen LogP contribution in [-0.2, 0) is 35.1 Å². The molecular weight excluding hydrogens is 634 g/mol. The summed E-state index contributed by atoms with van der Waals surface area (Å²) < 4.78 is 21.5. The van der Waals surface area contributed by atoms with Gasteiger partial charge >= 0.3 is 12.1 Å². The summed E-state index contributed by atoms with van der Waals surface area (Å²) in [7, 11) is 5.73. The van der Waals surface area contributed by atoms with E-state index in [1.807, 2.05) is 6.07 Å². The number of carbonyl (C=O) groups excluding carboxylic acids is 5. The van der Waals surface area contributed by atoms with E-state index in [0.29, 0.717) is 59.6 Å². The number of hydrogen-bond acceptors (Lipinski definition) is 10. The minimum atomic E-state index is -1.21. The maximum Gasteiger partial charge on any atom is 0.407 e. The van der Waals surface area contributed by atoms with E-state index in [1.54, 1.807) is 51.1 Å². The first kappa shape index (κ1) is 38.6. The summed E-state index contributed by atoms with van der Waals surface area (Å²) in [4.78, 5) is 66.8. The summed E-state index contributed by atoms with van der Waals surface area (Å²) in [6, 6.07) is 6.13. The van der Waals surface area contributed by atoms with Gasteiger partial charge in [-0.05, 0) is 82.3 Å². The number of esters is 1. The molecule has 0 aromatic heterocycles. The molecule has 0 saturated carbocycles. The van der Waals surface area contributed by atoms with Gasteiger partial charge in [0.1, 0.15) is 35.2 Å². The van der Waals surface area contributed by atoms with Crippen molar-refractivity contribution in [3.8, 4) is 22.6 Å². The van der Waals surface area contributed by atoms with E-state index in [1.165, 1.54) is 40.2 Å². The Morgan fingerprint density at radius 2 is 1.59 bits per heavy atom. The molecule has 5 N–H and O–H groups in total. The lowest BCUT2D eigenvalue weighted by molar-refractivity contribution is -0.145. The Morgan fingerprint density at radius 1 is 0.959 bits per heavy atom. The first-order valence-electron chi connectivity index (χ1n) is 16.1. The normalized spacial score (nSPS) is 18.5. The summed E-state index contributed by atoms with van der Waals surface area (Å²) in [5.74, 6) is -1.45. The smallest absolute Gasteiger partial charge is 0.407 e. The Labute approximate surface area is 287 Å². The van der Waals surface area contributed by atoms with Gasteiger partial charge in [0.15, 0.2) is 0 Å². The minimum Gasteiger partial charge on any atom is -0.496 e. The zero-order chi connectivity index (χ0) is 36.5. The van der Waals surface area contributed by atoms with Crippen molar-refractivity contribution < 1.29 is 42.9 Å². The molecular formula is C35H49N5O9. The van der Waals surface area contributed by atoms with Crippen LogP contribution >= 0.6 is 0 Å². The summed E-state index contributed by atoms with van der Waals surface area (Å²) in [6.07, 6.45) is 0.940. The molecule has 4 amide bonds. The second-order valence-electron chi connectivity index (χ2n) is 12.9. The lowest BCUT2D eigenvalue weighted by atomic mass is 9.93. The van der Waals surface area contributed by atoms with Crippen molar-refractivity contribution in [1.82, 2.24) is 20.9 Å². The molecule has 0 spiro atoms. The zero-order valence-corrected chi connectivity index (χ0v) is 29.5. The van der Waals surface area contributed by atoms with Crippen molar-refractivity contribution in [1.29, 1.82) is 0 Å². The second kappa shape index (κ2) is 17.0. The molecule has 3 rings (SSSR count). The molecule has 1 aliphatic rings. The molecule has 0 saturated heterocycles. The second-order valence-corrected chi connectivity index (χ2v) is 12.9. The van der Waals surface area contributed by atoms with Crippen LogP contribution in [0, 0.1) is 0 Å². The van der Waals surface area contributed by atoms with Crippen LogP contribution in [-0.4, -0.2) is 93.3 Å². The van der Waals surface area contributed by atoms with Crippen molar-refractivity contribution in [2.45, 2.75) is 83.1 Å². The standard InChI is InChI=1S/C35H49N5O9/c1-20-30(41)39-26(33(44)48-8)18-21-12-14-27(46-6)23(17-21)24-19-22(13-15-28(24)47-7)29(31(42)38-20)40(5)32(43)25(36)11-9-10-16-37-34(45)49-35(2,3)4/h12-15,17,19-20,25-26,29H,9-11,16,18,36H2,1-8H3,(H,37,45)(H,38,42)(H,39,41)/t20-,25-,26?,29-/m0/s1. The fourth-order valence-corrected chi connectivity index (χ4v) is 5.48. The van der Waals surface area contributed by atoms with Gasteiger partial charge in [-0.15, -0.1) is 0 Å². The average Bonchev–Trinajstić information content (AvgIpc) is 3.05. The SMILES string of the molecule is COC(=O)C1Cc2ccc(OC)c(c2)-c2cc(ccc2OC)[C@H](N(C)C(=O)[C@@H](N)CCCCNC(=O)OC(C)(C)C)C(=O)N[C@@H](C)C(=O)N1. The summed E-state index contributed by atoms with van der Waals surface area (Å²) in [6.45, 7) is 7.14. The van der Waals surface area contributed by atoms with Crippen molar-refractivity contribution in [3.05, 3.63) is 47.5 Å². The predicted molar refractivity (Wildman–Crippen MR) is 182 cm³/mol. The zero-order valence-electron chi connectivity index (χ0n) is 29.5. The Morgan fingerprint density at radius 3 is 2.20 bits per heavy atom. The van der Waals surface area contributed by atoms with E-state index in [4.69, 9.17) is 24.7 Å². The number of rotatable bonds is 10. The van der Waals surface area contributed by atoms with Gasteiger partial charge in [-0.25, -0.2) is 9.59 Å². The summed E-state index contributed by atoms with van der Waals surface area (Å²) >= 11 is 0. The molecule has 14 heteroatoms. The van der Waals surface area contributed by atoms with Crippen molar-refractivity contribution >= 4 is 29.8 Å². The Kier molecular flexibility index (Phi) is 13.4. The van der Waals surface area contributed by atoms with Crippen LogP contribution in [0.3, 0.4) is 0 Å². The van der Waals surface area contributed by atoms with Crippen LogP contribution in [0.2, 0.25) is 0 Å². The number of methoxy groups -OCH3 is 3. The van der Waals surface area contributed by atoms with E-state index in [0.717, 1.165) is 0 Å². The van der Waals surface area contributed by atoms with E-state index in [2.05, 4.69) is 16.0 Å². The first-order valence-corrected chi connectivity index (χ1v) is 16.1. The van der Waals surface area contributed by atoms with Gasteiger partial charge in [0.25, 0.3) is 0 Å². The summed E-state index contributed by atoms with van der Waals surface area (Å²) in [5, 5.41) is 8.05. The molecule has 49 heavy (non-hydrogen) atoms. The van der Waals surface area contributed by atoms with E-state index in [-0.39, 0.29) is 6.42 Å². The third-order valence-electron chi connectivity index (χ3n) is 8.00. The average molecular weight is 684 g/mol. The number of fused-ring (bicyclic) bond motifs is 5. The van der Waals surface area contributed by atoms with Crippen LogP contribution in [0.4, 0.5) is 4.79 Å². The molecule has 0 aliphatic carbocycles. The highest BCUT2D eigenvalue weighted by Crippen LogP contribution is 2.39. The number of nitrogens with one attached hydrogen (secondary N) is 3. The van der Waals surface area contributed by atoms with Crippen LogP contribution in [0.5, 0.6) is 11.5 Å². The Balaban J connectivity index is 1.97.